The van der Waals surface area contributed by atoms with Gasteiger partial charge in [0, 0.05) is 13.1 Å². The number of amides is 1. The number of benzene rings is 1. The molecule has 5 heteroatoms. The van der Waals surface area contributed by atoms with Crippen LogP contribution >= 0.6 is 12.4 Å². The Kier molecular flexibility index (Phi) is 5.08. The lowest BCUT2D eigenvalue weighted by atomic mass is 10.2. The van der Waals surface area contributed by atoms with Gasteiger partial charge in [-0.2, -0.15) is 0 Å². The van der Waals surface area contributed by atoms with Gasteiger partial charge < -0.3 is 15.4 Å². The first-order valence-electron chi connectivity index (χ1n) is 5.02. The van der Waals surface area contributed by atoms with Gasteiger partial charge in [-0.25, -0.2) is 4.79 Å². The summed E-state index contributed by atoms with van der Waals surface area (Å²) in [5, 5.41) is 5.83. The fourth-order valence-corrected chi connectivity index (χ4v) is 1.32. The largest absolute Gasteiger partial charge is 0.445 e. The smallest absolute Gasteiger partial charge is 0.407 e. The summed E-state index contributed by atoms with van der Waals surface area (Å²) in [6.45, 7) is 1.99. The molecule has 0 spiro atoms. The Balaban J connectivity index is 0.00000128. The van der Waals surface area contributed by atoms with E-state index < -0.39 is 0 Å². The maximum absolute atomic E-state index is 11.3. The fraction of sp³-hybridized carbons (Fsp3) is 0.364. The van der Waals surface area contributed by atoms with Crippen molar-refractivity contribution in [1.29, 1.82) is 0 Å². The summed E-state index contributed by atoms with van der Waals surface area (Å²) in [7, 11) is 0. The van der Waals surface area contributed by atoms with Gasteiger partial charge in [-0.3, -0.25) is 0 Å². The first-order valence-corrected chi connectivity index (χ1v) is 5.02. The zero-order valence-electron chi connectivity index (χ0n) is 8.81. The van der Waals surface area contributed by atoms with Crippen molar-refractivity contribution < 1.29 is 9.53 Å². The van der Waals surface area contributed by atoms with Crippen LogP contribution in [0.4, 0.5) is 4.79 Å². The summed E-state index contributed by atoms with van der Waals surface area (Å²) in [6.07, 6.45) is -0.342. The highest BCUT2D eigenvalue weighted by atomic mass is 35.5. The van der Waals surface area contributed by atoms with Crippen molar-refractivity contribution in [1.82, 2.24) is 10.6 Å². The molecule has 1 aromatic carbocycles. The molecule has 1 saturated heterocycles. The Labute approximate surface area is 101 Å². The maximum Gasteiger partial charge on any atom is 0.407 e. The lowest BCUT2D eigenvalue weighted by molar-refractivity contribution is 0.132. The third kappa shape index (κ3) is 3.72. The molecule has 2 rings (SSSR count). The van der Waals surface area contributed by atoms with Gasteiger partial charge in [0.15, 0.2) is 0 Å². The van der Waals surface area contributed by atoms with E-state index in [1.807, 2.05) is 30.3 Å². The van der Waals surface area contributed by atoms with Crippen molar-refractivity contribution in [2.45, 2.75) is 12.6 Å². The Bertz CT molecular complexity index is 328. The van der Waals surface area contributed by atoms with Crippen molar-refractivity contribution in [3.63, 3.8) is 0 Å². The third-order valence-corrected chi connectivity index (χ3v) is 2.32. The predicted molar refractivity (Wildman–Crippen MR) is 63.7 cm³/mol. The topological polar surface area (TPSA) is 50.4 Å². The van der Waals surface area contributed by atoms with Gasteiger partial charge in [-0.05, 0) is 5.56 Å². The van der Waals surface area contributed by atoms with Gasteiger partial charge in [0.1, 0.15) is 6.61 Å². The molecule has 88 valence electrons. The molecule has 0 radical (unpaired) electrons. The Morgan fingerprint density at radius 2 is 2.06 bits per heavy atom. The first-order chi connectivity index (χ1) is 7.34. The average Bonchev–Trinajstić information content (AvgIpc) is 2.22. The van der Waals surface area contributed by atoms with E-state index in [0.29, 0.717) is 6.61 Å². The van der Waals surface area contributed by atoms with Crippen molar-refractivity contribution in [3.05, 3.63) is 35.9 Å². The molecule has 0 aliphatic carbocycles. The molecule has 4 nitrogen and oxygen atoms in total. The molecule has 16 heavy (non-hydrogen) atoms. The number of rotatable bonds is 3. The lowest BCUT2D eigenvalue weighted by Gasteiger charge is -2.27. The van der Waals surface area contributed by atoms with Crippen LogP contribution in [0.5, 0.6) is 0 Å². The summed E-state index contributed by atoms with van der Waals surface area (Å²) >= 11 is 0. The molecule has 1 aliphatic heterocycles. The van der Waals surface area contributed by atoms with Gasteiger partial charge in [-0.1, -0.05) is 30.3 Å². The number of hydrogen-bond donors (Lipinski definition) is 2. The maximum atomic E-state index is 11.3. The van der Waals surface area contributed by atoms with E-state index in [2.05, 4.69) is 10.6 Å². The van der Waals surface area contributed by atoms with Gasteiger partial charge >= 0.3 is 6.09 Å². The number of ether oxygens (including phenoxy) is 1. The highest BCUT2D eigenvalue weighted by Gasteiger charge is 2.19. The number of hydrogen-bond acceptors (Lipinski definition) is 3. The molecular formula is C11H15ClN2O2. The highest BCUT2D eigenvalue weighted by Crippen LogP contribution is 2.01. The van der Waals surface area contributed by atoms with Crippen LogP contribution in [0.1, 0.15) is 5.56 Å². The van der Waals surface area contributed by atoms with Crippen molar-refractivity contribution in [2.24, 2.45) is 0 Å². The average molecular weight is 243 g/mol. The number of carbonyl (C=O) groups is 1. The van der Waals surface area contributed by atoms with Crippen LogP contribution in [0, 0.1) is 0 Å². The molecule has 1 aromatic rings. The second kappa shape index (κ2) is 6.35. The van der Waals surface area contributed by atoms with E-state index in [4.69, 9.17) is 4.74 Å². The van der Waals surface area contributed by atoms with E-state index in [1.54, 1.807) is 0 Å². The molecule has 0 saturated carbocycles. The normalized spacial score (nSPS) is 14.5. The molecule has 1 heterocycles. The Morgan fingerprint density at radius 3 is 2.62 bits per heavy atom. The molecule has 2 N–H and O–H groups in total. The predicted octanol–water partition coefficient (Wildman–Crippen LogP) is 1.31. The quantitative estimate of drug-likeness (QED) is 0.840. The summed E-state index contributed by atoms with van der Waals surface area (Å²) in [5.41, 5.74) is 0.999. The van der Waals surface area contributed by atoms with E-state index >= 15 is 0 Å². The minimum atomic E-state index is -0.342. The van der Waals surface area contributed by atoms with Gasteiger partial charge in [0.05, 0.1) is 6.04 Å². The van der Waals surface area contributed by atoms with Crippen LogP contribution in [0.2, 0.25) is 0 Å². The minimum Gasteiger partial charge on any atom is -0.445 e. The highest BCUT2D eigenvalue weighted by molar-refractivity contribution is 5.85. The van der Waals surface area contributed by atoms with E-state index in [-0.39, 0.29) is 24.5 Å². The lowest BCUT2D eigenvalue weighted by Crippen LogP contribution is -2.56. The van der Waals surface area contributed by atoms with E-state index in [9.17, 15) is 4.79 Å². The van der Waals surface area contributed by atoms with E-state index in [0.717, 1.165) is 18.7 Å². The van der Waals surface area contributed by atoms with Gasteiger partial charge in [0.25, 0.3) is 0 Å². The van der Waals surface area contributed by atoms with Gasteiger partial charge in [0.2, 0.25) is 0 Å². The molecule has 0 atom stereocenters. The minimum absolute atomic E-state index is 0. The number of nitrogens with one attached hydrogen (secondary N) is 2. The zero-order valence-corrected chi connectivity index (χ0v) is 9.63. The molecular weight excluding hydrogens is 228 g/mol. The summed E-state index contributed by atoms with van der Waals surface area (Å²) in [6, 6.07) is 9.87. The molecule has 0 bridgehead atoms. The Hall–Kier alpha value is -1.26. The summed E-state index contributed by atoms with van der Waals surface area (Å²) < 4.78 is 5.06. The monoisotopic (exact) mass is 242 g/mol. The third-order valence-electron chi connectivity index (χ3n) is 2.32. The van der Waals surface area contributed by atoms with Crippen LogP contribution in [-0.4, -0.2) is 25.2 Å². The summed E-state index contributed by atoms with van der Waals surface area (Å²) in [4.78, 5) is 11.3. The molecule has 0 aromatic heterocycles. The first kappa shape index (κ1) is 12.8. The van der Waals surface area contributed by atoms with Crippen LogP contribution < -0.4 is 10.6 Å². The standard InChI is InChI=1S/C11H14N2O2.ClH/c14-11(13-10-6-12-7-10)15-8-9-4-2-1-3-5-9;/h1-5,10,12H,6-8H2,(H,13,14);1H. The van der Waals surface area contributed by atoms with Crippen LogP contribution in [0.3, 0.4) is 0 Å². The number of halogens is 1. The number of alkyl carbamates (subject to hydrolysis) is 1. The van der Waals surface area contributed by atoms with Crippen molar-refractivity contribution in [3.8, 4) is 0 Å². The Morgan fingerprint density at radius 1 is 1.38 bits per heavy atom. The summed E-state index contributed by atoms with van der Waals surface area (Å²) in [5.74, 6) is 0. The van der Waals surface area contributed by atoms with Crippen molar-refractivity contribution >= 4 is 18.5 Å². The second-order valence-electron chi connectivity index (χ2n) is 3.56. The van der Waals surface area contributed by atoms with Crippen LogP contribution in [-0.2, 0) is 11.3 Å². The van der Waals surface area contributed by atoms with E-state index in [1.165, 1.54) is 0 Å². The molecule has 1 fully saturated rings. The number of carbonyl (C=O) groups excluding carboxylic acids is 1. The fourth-order valence-electron chi connectivity index (χ4n) is 1.32. The molecule has 1 amide bonds. The SMILES string of the molecule is Cl.O=C(NC1CNC1)OCc1ccccc1. The molecule has 0 unspecified atom stereocenters. The zero-order chi connectivity index (χ0) is 10.5. The van der Waals surface area contributed by atoms with Gasteiger partial charge in [-0.15, -0.1) is 12.4 Å². The van der Waals surface area contributed by atoms with Crippen molar-refractivity contribution in [2.75, 3.05) is 13.1 Å². The molecule has 1 aliphatic rings. The van der Waals surface area contributed by atoms with Crippen LogP contribution in [0.25, 0.3) is 0 Å². The van der Waals surface area contributed by atoms with Crippen LogP contribution in [0.15, 0.2) is 30.3 Å². The second-order valence-corrected chi connectivity index (χ2v) is 3.56.